The van der Waals surface area contributed by atoms with Crippen molar-refractivity contribution in [3.05, 3.63) is 83.4 Å². The number of hydroxylamine groups is 1. The SMILES string of the molecule is O=C(NO)c1ccc(/C=C(/COc2cccc3ccccc23)CN(CC2CCCCC2)C2CCNC2)cc1. The van der Waals surface area contributed by atoms with Crippen molar-refractivity contribution in [1.82, 2.24) is 15.7 Å². The number of hydrogen-bond acceptors (Lipinski definition) is 5. The molecule has 3 N–H and O–H groups in total. The lowest BCUT2D eigenvalue weighted by atomic mass is 9.88. The van der Waals surface area contributed by atoms with Gasteiger partial charge in [-0.25, -0.2) is 5.48 Å². The Balaban J connectivity index is 1.40. The van der Waals surface area contributed by atoms with Crippen LogP contribution >= 0.6 is 0 Å². The second-order valence-electron chi connectivity index (χ2n) is 10.7. The normalized spacial score (nSPS) is 18.7. The number of carbonyl (C=O) groups is 1. The fourth-order valence-corrected chi connectivity index (χ4v) is 5.91. The smallest absolute Gasteiger partial charge is 0.274 e. The number of rotatable bonds is 10. The minimum absolute atomic E-state index is 0.425. The second-order valence-corrected chi connectivity index (χ2v) is 10.7. The van der Waals surface area contributed by atoms with Crippen LogP contribution < -0.4 is 15.5 Å². The largest absolute Gasteiger partial charge is 0.489 e. The quantitative estimate of drug-likeness (QED) is 0.241. The van der Waals surface area contributed by atoms with Crippen LogP contribution in [0.15, 0.2) is 72.3 Å². The summed E-state index contributed by atoms with van der Waals surface area (Å²) in [6.07, 6.45) is 10.1. The zero-order valence-electron chi connectivity index (χ0n) is 22.1. The number of ether oxygens (including phenoxy) is 1. The Hall–Kier alpha value is -3.19. The van der Waals surface area contributed by atoms with Gasteiger partial charge >= 0.3 is 0 Å². The van der Waals surface area contributed by atoms with Gasteiger partial charge in [0.15, 0.2) is 0 Å². The van der Waals surface area contributed by atoms with Gasteiger partial charge in [-0.2, -0.15) is 0 Å². The van der Waals surface area contributed by atoms with Crippen molar-refractivity contribution in [2.24, 2.45) is 5.92 Å². The van der Waals surface area contributed by atoms with Crippen molar-refractivity contribution in [1.29, 1.82) is 0 Å². The molecule has 0 spiro atoms. The first-order chi connectivity index (χ1) is 18.7. The summed E-state index contributed by atoms with van der Waals surface area (Å²) in [5.41, 5.74) is 4.35. The van der Waals surface area contributed by atoms with Crippen LogP contribution in [0.5, 0.6) is 5.75 Å². The molecule has 1 unspecified atom stereocenters. The fourth-order valence-electron chi connectivity index (χ4n) is 5.91. The first-order valence-corrected chi connectivity index (χ1v) is 14.0. The Morgan fingerprint density at radius 3 is 2.55 bits per heavy atom. The average molecular weight is 514 g/mol. The van der Waals surface area contributed by atoms with Crippen LogP contribution in [0.25, 0.3) is 16.8 Å². The molecule has 1 aliphatic heterocycles. The van der Waals surface area contributed by atoms with E-state index < -0.39 is 5.91 Å². The molecule has 0 radical (unpaired) electrons. The van der Waals surface area contributed by atoms with Gasteiger partial charge in [-0.05, 0) is 66.4 Å². The number of hydrogen-bond donors (Lipinski definition) is 3. The van der Waals surface area contributed by atoms with E-state index in [-0.39, 0.29) is 0 Å². The zero-order chi connectivity index (χ0) is 26.2. The molecule has 1 aliphatic carbocycles. The topological polar surface area (TPSA) is 73.8 Å². The summed E-state index contributed by atoms with van der Waals surface area (Å²) in [7, 11) is 0. The van der Waals surface area contributed by atoms with Gasteiger partial charge in [0.2, 0.25) is 0 Å². The van der Waals surface area contributed by atoms with Crippen molar-refractivity contribution < 1.29 is 14.7 Å². The summed E-state index contributed by atoms with van der Waals surface area (Å²) in [5.74, 6) is 1.15. The van der Waals surface area contributed by atoms with E-state index in [0.717, 1.165) is 48.8 Å². The lowest BCUT2D eigenvalue weighted by molar-refractivity contribution is 0.0706. The van der Waals surface area contributed by atoms with Crippen molar-refractivity contribution in [2.45, 2.75) is 44.6 Å². The highest BCUT2D eigenvalue weighted by atomic mass is 16.5. The summed E-state index contributed by atoms with van der Waals surface area (Å²) >= 11 is 0. The highest BCUT2D eigenvalue weighted by molar-refractivity contribution is 5.93. The third-order valence-electron chi connectivity index (χ3n) is 7.98. The average Bonchev–Trinajstić information content (AvgIpc) is 3.51. The van der Waals surface area contributed by atoms with Gasteiger partial charge in [-0.1, -0.05) is 73.9 Å². The molecule has 2 fully saturated rings. The number of amides is 1. The van der Waals surface area contributed by atoms with Crippen LogP contribution in [-0.2, 0) is 0 Å². The molecule has 3 aromatic carbocycles. The van der Waals surface area contributed by atoms with Crippen molar-refractivity contribution in [3.8, 4) is 5.75 Å². The zero-order valence-corrected chi connectivity index (χ0v) is 22.1. The van der Waals surface area contributed by atoms with Gasteiger partial charge < -0.3 is 10.1 Å². The Bertz CT molecular complexity index is 1220. The van der Waals surface area contributed by atoms with Gasteiger partial charge in [0.25, 0.3) is 5.91 Å². The van der Waals surface area contributed by atoms with Crippen LogP contribution in [0.1, 0.15) is 54.4 Å². The number of nitrogens with zero attached hydrogens (tertiary/aromatic N) is 1. The molecule has 38 heavy (non-hydrogen) atoms. The summed E-state index contributed by atoms with van der Waals surface area (Å²) in [4.78, 5) is 14.5. The van der Waals surface area contributed by atoms with Crippen LogP contribution in [0.4, 0.5) is 0 Å². The molecule has 2 aliphatic rings. The van der Waals surface area contributed by atoms with Crippen LogP contribution in [0, 0.1) is 5.92 Å². The molecule has 3 aromatic rings. The van der Waals surface area contributed by atoms with E-state index in [0.29, 0.717) is 18.2 Å². The van der Waals surface area contributed by atoms with Gasteiger partial charge in [-0.15, -0.1) is 0 Å². The predicted octanol–water partition coefficient (Wildman–Crippen LogP) is 5.67. The number of benzene rings is 3. The first-order valence-electron chi connectivity index (χ1n) is 14.0. The standard InChI is InChI=1S/C32H39N3O3/c36-32(34-37)28-15-13-24(14-16-28)19-26(23-38-31-12-6-10-27-9-4-5-11-30(27)31)22-35(29-17-18-33-20-29)21-25-7-2-1-3-8-25/h4-6,9-16,19,25,29,33,37H,1-3,7-8,17-18,20-23H2,(H,34,36)/b26-19+. The highest BCUT2D eigenvalue weighted by Crippen LogP contribution is 2.28. The molecule has 1 saturated carbocycles. The van der Waals surface area contributed by atoms with Crippen LogP contribution in [-0.4, -0.2) is 54.8 Å². The molecule has 1 heterocycles. The molecule has 1 atom stereocenters. The van der Waals surface area contributed by atoms with Gasteiger partial charge in [0.05, 0.1) is 0 Å². The molecular formula is C32H39N3O3. The maximum Gasteiger partial charge on any atom is 0.274 e. The predicted molar refractivity (Wildman–Crippen MR) is 153 cm³/mol. The third kappa shape index (κ3) is 6.81. The third-order valence-corrected chi connectivity index (χ3v) is 7.98. The van der Waals surface area contributed by atoms with E-state index in [2.05, 4.69) is 46.6 Å². The van der Waals surface area contributed by atoms with E-state index in [1.54, 1.807) is 17.6 Å². The summed E-state index contributed by atoms with van der Waals surface area (Å²) < 4.78 is 6.48. The van der Waals surface area contributed by atoms with Crippen molar-refractivity contribution in [3.63, 3.8) is 0 Å². The lowest BCUT2D eigenvalue weighted by Gasteiger charge is -2.34. The molecular weight excluding hydrogens is 474 g/mol. The minimum Gasteiger partial charge on any atom is -0.489 e. The first kappa shape index (κ1) is 26.4. The van der Waals surface area contributed by atoms with Gasteiger partial charge in [0.1, 0.15) is 12.4 Å². The minimum atomic E-state index is -0.507. The van der Waals surface area contributed by atoms with Gasteiger partial charge in [0, 0.05) is 36.6 Å². The van der Waals surface area contributed by atoms with Crippen LogP contribution in [0.2, 0.25) is 0 Å². The highest BCUT2D eigenvalue weighted by Gasteiger charge is 2.26. The van der Waals surface area contributed by atoms with Gasteiger partial charge in [-0.3, -0.25) is 14.9 Å². The summed E-state index contributed by atoms with van der Waals surface area (Å²) in [6.45, 7) is 4.59. The van der Waals surface area contributed by atoms with E-state index in [9.17, 15) is 4.79 Å². The number of carbonyl (C=O) groups excluding carboxylic acids is 1. The monoisotopic (exact) mass is 513 g/mol. The molecule has 6 nitrogen and oxygen atoms in total. The lowest BCUT2D eigenvalue weighted by Crippen LogP contribution is -2.42. The van der Waals surface area contributed by atoms with E-state index in [4.69, 9.17) is 9.94 Å². The Morgan fingerprint density at radius 2 is 1.79 bits per heavy atom. The Labute approximate surface area is 225 Å². The van der Waals surface area contributed by atoms with Crippen molar-refractivity contribution >= 4 is 22.8 Å². The molecule has 1 amide bonds. The van der Waals surface area contributed by atoms with E-state index >= 15 is 0 Å². The van der Waals surface area contributed by atoms with Crippen LogP contribution in [0.3, 0.4) is 0 Å². The molecule has 0 bridgehead atoms. The van der Waals surface area contributed by atoms with E-state index in [1.165, 1.54) is 49.5 Å². The summed E-state index contributed by atoms with van der Waals surface area (Å²) in [6, 6.07) is 22.4. The number of nitrogens with one attached hydrogen (secondary N) is 2. The Kier molecular flexibility index (Phi) is 9.07. The molecule has 5 rings (SSSR count). The maximum atomic E-state index is 11.8. The van der Waals surface area contributed by atoms with E-state index in [1.807, 2.05) is 24.3 Å². The molecule has 0 aromatic heterocycles. The fraction of sp³-hybridized carbons (Fsp3) is 0.406. The molecule has 6 heteroatoms. The maximum absolute atomic E-state index is 11.8. The second kappa shape index (κ2) is 13.1. The van der Waals surface area contributed by atoms with Crippen molar-refractivity contribution in [2.75, 3.05) is 32.8 Å². The molecule has 200 valence electrons. The Morgan fingerprint density at radius 1 is 1.00 bits per heavy atom. The molecule has 1 saturated heterocycles. The summed E-state index contributed by atoms with van der Waals surface area (Å²) in [5, 5.41) is 14.8. The number of fused-ring (bicyclic) bond motifs is 1.